The fraction of sp³-hybridized carbons (Fsp3) is 0.524. The number of imidazole rings is 1. The number of aromatic amines is 1. The van der Waals surface area contributed by atoms with E-state index in [4.69, 9.17) is 0 Å². The number of carbonyl (C=O) groups excluding carboxylic acids is 1. The summed E-state index contributed by atoms with van der Waals surface area (Å²) in [5.74, 6) is -0.402. The van der Waals surface area contributed by atoms with E-state index in [0.29, 0.717) is 24.2 Å². The Kier molecular flexibility index (Phi) is 4.76. The molecule has 1 saturated heterocycles. The molecule has 6 heteroatoms. The number of halogens is 1. The Morgan fingerprint density at radius 1 is 1.30 bits per heavy atom. The SMILES string of the molecule is CCCN1CCc2[nH]cnc2C12CCN(C(=O)c1ccc(C)c(F)c1)CC2. The summed E-state index contributed by atoms with van der Waals surface area (Å²) in [5, 5.41) is 0. The lowest BCUT2D eigenvalue weighted by Crippen LogP contribution is -2.57. The van der Waals surface area contributed by atoms with Crippen LogP contribution in [-0.2, 0) is 12.0 Å². The maximum absolute atomic E-state index is 13.9. The fourth-order valence-electron chi connectivity index (χ4n) is 4.66. The van der Waals surface area contributed by atoms with Gasteiger partial charge in [0.25, 0.3) is 5.91 Å². The molecule has 0 unspecified atom stereocenters. The predicted octanol–water partition coefficient (Wildman–Crippen LogP) is 3.26. The van der Waals surface area contributed by atoms with Crippen molar-refractivity contribution in [2.75, 3.05) is 26.2 Å². The highest BCUT2D eigenvalue weighted by atomic mass is 19.1. The van der Waals surface area contributed by atoms with Crippen LogP contribution in [0.5, 0.6) is 0 Å². The molecule has 1 fully saturated rings. The molecule has 1 aromatic carbocycles. The number of hydrogen-bond acceptors (Lipinski definition) is 3. The van der Waals surface area contributed by atoms with Crippen LogP contribution in [0.2, 0.25) is 0 Å². The Morgan fingerprint density at radius 3 is 2.78 bits per heavy atom. The van der Waals surface area contributed by atoms with Crippen LogP contribution in [0.3, 0.4) is 0 Å². The maximum Gasteiger partial charge on any atom is 0.253 e. The van der Waals surface area contributed by atoms with Gasteiger partial charge in [0.05, 0.1) is 17.6 Å². The van der Waals surface area contributed by atoms with Crippen molar-refractivity contribution in [3.8, 4) is 0 Å². The first-order valence-electron chi connectivity index (χ1n) is 9.88. The van der Waals surface area contributed by atoms with Gasteiger partial charge in [-0.25, -0.2) is 9.37 Å². The lowest BCUT2D eigenvalue weighted by atomic mass is 9.78. The first-order valence-corrected chi connectivity index (χ1v) is 9.88. The highest BCUT2D eigenvalue weighted by molar-refractivity contribution is 5.94. The summed E-state index contributed by atoms with van der Waals surface area (Å²) in [6.45, 7) is 7.32. The van der Waals surface area contributed by atoms with Crippen LogP contribution in [0.25, 0.3) is 0 Å². The number of likely N-dealkylation sites (tertiary alicyclic amines) is 1. The van der Waals surface area contributed by atoms with Crippen molar-refractivity contribution >= 4 is 5.91 Å². The van der Waals surface area contributed by atoms with Crippen LogP contribution in [0, 0.1) is 12.7 Å². The predicted molar refractivity (Wildman–Crippen MR) is 102 cm³/mol. The molecule has 144 valence electrons. The smallest absolute Gasteiger partial charge is 0.253 e. The molecule has 0 aliphatic carbocycles. The normalized spacial score (nSPS) is 19.3. The van der Waals surface area contributed by atoms with Crippen molar-refractivity contribution in [2.45, 2.75) is 45.1 Å². The summed E-state index contributed by atoms with van der Waals surface area (Å²) < 4.78 is 13.9. The summed E-state index contributed by atoms with van der Waals surface area (Å²) in [4.78, 5) is 25.3. The van der Waals surface area contributed by atoms with E-state index >= 15 is 0 Å². The molecule has 0 saturated carbocycles. The van der Waals surface area contributed by atoms with E-state index in [2.05, 4.69) is 21.8 Å². The Balaban J connectivity index is 1.55. The van der Waals surface area contributed by atoms with Gasteiger partial charge in [-0.15, -0.1) is 0 Å². The summed E-state index contributed by atoms with van der Waals surface area (Å²) >= 11 is 0. The number of amides is 1. The Bertz CT molecular complexity index is 838. The molecule has 2 aromatic rings. The number of piperidine rings is 1. The zero-order valence-corrected chi connectivity index (χ0v) is 16.1. The van der Waals surface area contributed by atoms with Gasteiger partial charge in [-0.1, -0.05) is 13.0 Å². The van der Waals surface area contributed by atoms with Crippen LogP contribution in [0.1, 0.15) is 53.5 Å². The fourth-order valence-corrected chi connectivity index (χ4v) is 4.66. The largest absolute Gasteiger partial charge is 0.348 e. The Morgan fingerprint density at radius 2 is 2.07 bits per heavy atom. The molecule has 3 heterocycles. The van der Waals surface area contributed by atoms with Gasteiger partial charge < -0.3 is 9.88 Å². The molecule has 4 rings (SSSR count). The Labute approximate surface area is 159 Å². The van der Waals surface area contributed by atoms with Crippen molar-refractivity contribution in [3.63, 3.8) is 0 Å². The van der Waals surface area contributed by atoms with E-state index in [1.165, 1.54) is 11.8 Å². The molecule has 0 atom stereocenters. The second-order valence-electron chi connectivity index (χ2n) is 7.75. The highest BCUT2D eigenvalue weighted by Gasteiger charge is 2.46. The van der Waals surface area contributed by atoms with E-state index in [1.807, 2.05) is 4.90 Å². The van der Waals surface area contributed by atoms with Gasteiger partial charge in [0.2, 0.25) is 0 Å². The second-order valence-corrected chi connectivity index (χ2v) is 7.75. The number of fused-ring (bicyclic) bond motifs is 2. The van der Waals surface area contributed by atoms with Crippen molar-refractivity contribution in [2.24, 2.45) is 0 Å². The van der Waals surface area contributed by atoms with Gasteiger partial charge in [0, 0.05) is 37.3 Å². The second kappa shape index (κ2) is 7.08. The number of rotatable bonds is 3. The number of benzene rings is 1. The zero-order valence-electron chi connectivity index (χ0n) is 16.1. The molecule has 0 bridgehead atoms. The van der Waals surface area contributed by atoms with Crippen molar-refractivity contribution in [1.82, 2.24) is 19.8 Å². The van der Waals surface area contributed by atoms with Crippen LogP contribution in [0.4, 0.5) is 4.39 Å². The number of carbonyl (C=O) groups is 1. The van der Waals surface area contributed by atoms with Crippen LogP contribution < -0.4 is 0 Å². The summed E-state index contributed by atoms with van der Waals surface area (Å²) in [7, 11) is 0. The molecule has 27 heavy (non-hydrogen) atoms. The standard InChI is InChI=1S/C21H27FN4O/c1-3-9-26-10-6-18-19(24-14-23-18)21(26)7-11-25(12-8-21)20(27)16-5-4-15(2)17(22)13-16/h4-5,13-14H,3,6-12H2,1-2H3,(H,23,24). The number of hydrogen-bond donors (Lipinski definition) is 1. The lowest BCUT2D eigenvalue weighted by Gasteiger charge is -2.50. The minimum absolute atomic E-state index is 0.0798. The molecule has 2 aliphatic rings. The first-order chi connectivity index (χ1) is 13.0. The summed E-state index contributed by atoms with van der Waals surface area (Å²) in [6.07, 6.45) is 5.64. The lowest BCUT2D eigenvalue weighted by molar-refractivity contribution is 0.00707. The van der Waals surface area contributed by atoms with Gasteiger partial charge in [0.15, 0.2) is 0 Å². The van der Waals surface area contributed by atoms with Crippen LogP contribution in [0.15, 0.2) is 24.5 Å². The van der Waals surface area contributed by atoms with Gasteiger partial charge >= 0.3 is 0 Å². The van der Waals surface area contributed by atoms with Crippen molar-refractivity contribution < 1.29 is 9.18 Å². The zero-order chi connectivity index (χ0) is 19.0. The van der Waals surface area contributed by atoms with Crippen LogP contribution >= 0.6 is 0 Å². The van der Waals surface area contributed by atoms with E-state index in [0.717, 1.165) is 44.5 Å². The highest BCUT2D eigenvalue weighted by Crippen LogP contribution is 2.42. The number of nitrogens with one attached hydrogen (secondary N) is 1. The molecule has 5 nitrogen and oxygen atoms in total. The first kappa shape index (κ1) is 18.2. The van der Waals surface area contributed by atoms with E-state index in [-0.39, 0.29) is 17.3 Å². The minimum Gasteiger partial charge on any atom is -0.348 e. The molecule has 1 N–H and O–H groups in total. The van der Waals surface area contributed by atoms with Crippen LogP contribution in [-0.4, -0.2) is 51.9 Å². The summed E-state index contributed by atoms with van der Waals surface area (Å²) in [6, 6.07) is 4.76. The Hall–Kier alpha value is -2.21. The van der Waals surface area contributed by atoms with Gasteiger partial charge in [-0.2, -0.15) is 0 Å². The average molecular weight is 370 g/mol. The molecule has 2 aliphatic heterocycles. The molecule has 0 radical (unpaired) electrons. The van der Waals surface area contributed by atoms with Gasteiger partial charge in [-0.3, -0.25) is 9.69 Å². The number of H-pyrrole nitrogens is 1. The topological polar surface area (TPSA) is 52.2 Å². The molecular weight excluding hydrogens is 343 g/mol. The van der Waals surface area contributed by atoms with Gasteiger partial charge in [-0.05, 0) is 50.4 Å². The number of aromatic nitrogens is 2. The molecular formula is C21H27FN4O. The summed E-state index contributed by atoms with van der Waals surface area (Å²) in [5.41, 5.74) is 3.31. The van der Waals surface area contributed by atoms with E-state index in [1.54, 1.807) is 25.4 Å². The molecule has 1 amide bonds. The van der Waals surface area contributed by atoms with Crippen molar-refractivity contribution in [3.05, 3.63) is 52.9 Å². The molecule has 1 aromatic heterocycles. The van der Waals surface area contributed by atoms with Crippen molar-refractivity contribution in [1.29, 1.82) is 0 Å². The number of aryl methyl sites for hydroxylation is 1. The van der Waals surface area contributed by atoms with Gasteiger partial charge in [0.1, 0.15) is 5.82 Å². The quantitative estimate of drug-likeness (QED) is 0.902. The third kappa shape index (κ3) is 3.06. The average Bonchev–Trinajstić information content (AvgIpc) is 3.16. The maximum atomic E-state index is 13.9. The number of nitrogens with zero attached hydrogens (tertiary/aromatic N) is 3. The molecule has 1 spiro atoms. The van der Waals surface area contributed by atoms with E-state index < -0.39 is 0 Å². The minimum atomic E-state index is -0.322. The third-order valence-corrected chi connectivity index (χ3v) is 6.19. The monoisotopic (exact) mass is 370 g/mol. The van der Waals surface area contributed by atoms with E-state index in [9.17, 15) is 9.18 Å². The third-order valence-electron chi connectivity index (χ3n) is 6.19.